The molecule has 2 aliphatic carbocycles. The van der Waals surface area contributed by atoms with Crippen molar-refractivity contribution in [1.82, 2.24) is 4.57 Å². The van der Waals surface area contributed by atoms with Crippen LogP contribution in [-0.4, -0.2) is 35.3 Å². The van der Waals surface area contributed by atoms with Gasteiger partial charge in [-0.2, -0.15) is 0 Å². The lowest BCUT2D eigenvalue weighted by molar-refractivity contribution is 0.0596. The van der Waals surface area contributed by atoms with Gasteiger partial charge in [0, 0.05) is 17.8 Å². The van der Waals surface area contributed by atoms with E-state index in [-0.39, 0.29) is 40.6 Å². The molecule has 0 bridgehead atoms. The van der Waals surface area contributed by atoms with Crippen LogP contribution in [0.25, 0.3) is 0 Å². The summed E-state index contributed by atoms with van der Waals surface area (Å²) in [5.74, 6) is -1.21. The van der Waals surface area contributed by atoms with Crippen LogP contribution in [0.3, 0.4) is 0 Å². The van der Waals surface area contributed by atoms with Crippen LogP contribution in [0.2, 0.25) is 0 Å². The van der Waals surface area contributed by atoms with Gasteiger partial charge >= 0.3 is 5.97 Å². The van der Waals surface area contributed by atoms with E-state index < -0.39 is 5.97 Å². The zero-order valence-electron chi connectivity index (χ0n) is 16.5. The second kappa shape index (κ2) is 7.71. The molecule has 0 radical (unpaired) electrons. The van der Waals surface area contributed by atoms with E-state index in [9.17, 15) is 14.4 Å². The summed E-state index contributed by atoms with van der Waals surface area (Å²) in [4.78, 5) is 38.7. The lowest BCUT2D eigenvalue weighted by Gasteiger charge is -2.28. The minimum Gasteiger partial charge on any atom is -0.487 e. The van der Waals surface area contributed by atoms with Crippen molar-refractivity contribution in [2.45, 2.75) is 71.4 Å². The molecular formula is C21H27NO5. The van der Waals surface area contributed by atoms with Crippen LogP contribution in [0.1, 0.15) is 95.8 Å². The number of rotatable bonds is 5. The van der Waals surface area contributed by atoms with Crippen molar-refractivity contribution in [2.24, 2.45) is 0 Å². The van der Waals surface area contributed by atoms with Crippen molar-refractivity contribution < 1.29 is 23.9 Å². The summed E-state index contributed by atoms with van der Waals surface area (Å²) in [5.41, 5.74) is 1.41. The van der Waals surface area contributed by atoms with Gasteiger partial charge in [-0.15, -0.1) is 0 Å². The number of aromatic nitrogens is 1. The SMILES string of the molecule is CCc1c(C(=O)OC)c2c(n1C1CCCCC1)C(=O)C(OC(C)C)=CC2=O. The first-order valence-electron chi connectivity index (χ1n) is 9.73. The van der Waals surface area contributed by atoms with Gasteiger partial charge in [0.1, 0.15) is 5.69 Å². The molecule has 0 amide bonds. The molecular weight excluding hydrogens is 346 g/mol. The Bertz CT molecular complexity index is 809. The largest absolute Gasteiger partial charge is 0.487 e. The topological polar surface area (TPSA) is 74.6 Å². The minimum absolute atomic E-state index is 0.0520. The quantitative estimate of drug-likeness (QED) is 0.729. The van der Waals surface area contributed by atoms with Crippen LogP contribution >= 0.6 is 0 Å². The first kappa shape index (κ1) is 19.4. The van der Waals surface area contributed by atoms with Crippen molar-refractivity contribution in [1.29, 1.82) is 0 Å². The fourth-order valence-corrected chi connectivity index (χ4v) is 4.23. The molecule has 0 aliphatic heterocycles. The summed E-state index contributed by atoms with van der Waals surface area (Å²) in [5, 5.41) is 0. The Morgan fingerprint density at radius 3 is 2.44 bits per heavy atom. The molecule has 3 rings (SSSR count). The van der Waals surface area contributed by atoms with Crippen molar-refractivity contribution in [3.05, 3.63) is 34.3 Å². The van der Waals surface area contributed by atoms with E-state index in [1.807, 2.05) is 25.3 Å². The van der Waals surface area contributed by atoms with Crippen LogP contribution in [-0.2, 0) is 15.9 Å². The number of esters is 1. The van der Waals surface area contributed by atoms with E-state index in [1.165, 1.54) is 19.6 Å². The summed E-state index contributed by atoms with van der Waals surface area (Å²) >= 11 is 0. The van der Waals surface area contributed by atoms with E-state index in [4.69, 9.17) is 9.47 Å². The maximum Gasteiger partial charge on any atom is 0.340 e. The lowest BCUT2D eigenvalue weighted by atomic mass is 9.93. The molecule has 1 aromatic heterocycles. The van der Waals surface area contributed by atoms with E-state index in [2.05, 4.69) is 0 Å². The zero-order chi connectivity index (χ0) is 19.7. The van der Waals surface area contributed by atoms with Crippen molar-refractivity contribution >= 4 is 17.5 Å². The zero-order valence-corrected chi connectivity index (χ0v) is 16.5. The Morgan fingerprint density at radius 2 is 1.89 bits per heavy atom. The highest BCUT2D eigenvalue weighted by atomic mass is 16.5. The molecule has 27 heavy (non-hydrogen) atoms. The number of hydrogen-bond donors (Lipinski definition) is 0. The number of carbonyl (C=O) groups excluding carboxylic acids is 3. The first-order chi connectivity index (χ1) is 12.9. The van der Waals surface area contributed by atoms with E-state index in [0.29, 0.717) is 17.8 Å². The third kappa shape index (κ3) is 3.33. The monoisotopic (exact) mass is 373 g/mol. The van der Waals surface area contributed by atoms with Gasteiger partial charge in [0.15, 0.2) is 11.5 Å². The summed E-state index contributed by atoms with van der Waals surface area (Å²) in [6, 6.07) is 0.107. The standard InChI is InChI=1S/C21H27NO5/c1-5-14-17(21(25)26-4)18-15(23)11-16(27-12(2)3)20(24)19(18)22(14)13-9-7-6-8-10-13/h11-13H,5-10H2,1-4H3. The minimum atomic E-state index is -0.569. The molecule has 0 aromatic carbocycles. The Balaban J connectivity index is 2.25. The summed E-state index contributed by atoms with van der Waals surface area (Å²) in [7, 11) is 1.30. The highest BCUT2D eigenvalue weighted by molar-refractivity contribution is 6.26. The number of ether oxygens (including phenoxy) is 2. The van der Waals surface area contributed by atoms with Crippen molar-refractivity contribution in [3.8, 4) is 0 Å². The smallest absolute Gasteiger partial charge is 0.340 e. The number of nitrogens with zero attached hydrogens (tertiary/aromatic N) is 1. The van der Waals surface area contributed by atoms with Gasteiger partial charge in [-0.25, -0.2) is 4.79 Å². The van der Waals surface area contributed by atoms with Crippen LogP contribution in [0, 0.1) is 0 Å². The molecule has 6 nitrogen and oxygen atoms in total. The Labute approximate surface area is 159 Å². The lowest BCUT2D eigenvalue weighted by Crippen LogP contribution is -2.26. The van der Waals surface area contributed by atoms with Gasteiger partial charge in [0.05, 0.1) is 24.3 Å². The molecule has 146 valence electrons. The second-order valence-electron chi connectivity index (χ2n) is 7.42. The van der Waals surface area contributed by atoms with Gasteiger partial charge in [-0.1, -0.05) is 26.2 Å². The first-order valence-corrected chi connectivity index (χ1v) is 9.73. The highest BCUT2D eigenvalue weighted by Crippen LogP contribution is 2.38. The molecule has 0 N–H and O–H groups in total. The number of methoxy groups -OCH3 is 1. The third-order valence-electron chi connectivity index (χ3n) is 5.28. The fourth-order valence-electron chi connectivity index (χ4n) is 4.23. The average Bonchev–Trinajstić information content (AvgIpc) is 3.01. The van der Waals surface area contributed by atoms with Gasteiger partial charge in [-0.05, 0) is 33.1 Å². The molecule has 0 saturated heterocycles. The summed E-state index contributed by atoms with van der Waals surface area (Å²) in [6.45, 7) is 5.55. The van der Waals surface area contributed by atoms with Crippen LogP contribution in [0.5, 0.6) is 0 Å². The number of carbonyl (C=O) groups is 3. The van der Waals surface area contributed by atoms with Crippen LogP contribution in [0.15, 0.2) is 11.8 Å². The summed E-state index contributed by atoms with van der Waals surface area (Å²) in [6.07, 6.45) is 6.69. The van der Waals surface area contributed by atoms with Gasteiger partial charge in [0.2, 0.25) is 5.78 Å². The van der Waals surface area contributed by atoms with Gasteiger partial charge in [-0.3, -0.25) is 9.59 Å². The molecule has 1 fully saturated rings. The number of hydrogen-bond acceptors (Lipinski definition) is 5. The molecule has 2 aliphatic rings. The molecule has 6 heteroatoms. The Kier molecular flexibility index (Phi) is 5.53. The molecule has 1 saturated carbocycles. The Morgan fingerprint density at radius 1 is 1.22 bits per heavy atom. The number of allylic oxidation sites excluding steroid dienone is 2. The van der Waals surface area contributed by atoms with E-state index in [0.717, 1.165) is 25.7 Å². The normalized spacial score (nSPS) is 17.7. The van der Waals surface area contributed by atoms with E-state index >= 15 is 0 Å². The molecule has 1 aromatic rings. The van der Waals surface area contributed by atoms with Crippen LogP contribution < -0.4 is 0 Å². The van der Waals surface area contributed by atoms with Crippen molar-refractivity contribution in [3.63, 3.8) is 0 Å². The number of Topliss-reactive ketones (excluding diaryl/α,β-unsaturated/α-hetero) is 1. The van der Waals surface area contributed by atoms with Crippen LogP contribution in [0.4, 0.5) is 0 Å². The highest BCUT2D eigenvalue weighted by Gasteiger charge is 2.40. The fraction of sp³-hybridized carbons (Fsp3) is 0.571. The number of ketones is 2. The average molecular weight is 373 g/mol. The van der Waals surface area contributed by atoms with Gasteiger partial charge in [0.25, 0.3) is 0 Å². The van der Waals surface area contributed by atoms with Gasteiger partial charge < -0.3 is 14.0 Å². The van der Waals surface area contributed by atoms with Crippen molar-refractivity contribution in [2.75, 3.05) is 7.11 Å². The number of fused-ring (bicyclic) bond motifs is 1. The maximum atomic E-state index is 13.2. The molecule has 0 atom stereocenters. The molecule has 0 spiro atoms. The predicted molar refractivity (Wildman–Crippen MR) is 100 cm³/mol. The summed E-state index contributed by atoms with van der Waals surface area (Å²) < 4.78 is 12.5. The molecule has 0 unspecified atom stereocenters. The van der Waals surface area contributed by atoms with E-state index in [1.54, 1.807) is 0 Å². The third-order valence-corrected chi connectivity index (χ3v) is 5.28. The second-order valence-corrected chi connectivity index (χ2v) is 7.42. The maximum absolute atomic E-state index is 13.2. The molecule has 1 heterocycles. The predicted octanol–water partition coefficient (Wildman–Crippen LogP) is 4.03. The Hall–Kier alpha value is -2.37.